The molecule has 0 fully saturated rings. The molecule has 0 saturated heterocycles. The molecule has 5 rings (SSSR count). The van der Waals surface area contributed by atoms with Gasteiger partial charge in [0.15, 0.2) is 5.71 Å². The molecule has 2 heterocycles. The summed E-state index contributed by atoms with van der Waals surface area (Å²) in [5, 5.41) is 11.4. The third kappa shape index (κ3) is 2.32. The van der Waals surface area contributed by atoms with Gasteiger partial charge in [-0.3, -0.25) is 4.79 Å². The molecule has 4 nitrogen and oxygen atoms in total. The first-order valence-electron chi connectivity index (χ1n) is 9.87. The normalized spacial score (nSPS) is 19.1. The lowest BCUT2D eigenvalue weighted by Gasteiger charge is -2.22. The van der Waals surface area contributed by atoms with Crippen molar-refractivity contribution in [2.75, 3.05) is 7.05 Å². The van der Waals surface area contributed by atoms with Gasteiger partial charge < -0.3 is 9.67 Å². The molecule has 2 aromatic carbocycles. The average Bonchev–Trinajstić information content (AvgIpc) is 3.12. The standard InChI is InChI=1S/C25H21FN2O2/c1-25(2)18-7-5-6-8-20(18)28(4)21(25)12-16-23(29)22(24(16)30)17-13-27(3)19-10-9-14(26)11-15(17)19/h5-13H,1-4H3/p+1. The molecule has 0 spiro atoms. The largest absolute Gasteiger partial charge is 0.506 e. The van der Waals surface area contributed by atoms with E-state index in [4.69, 9.17) is 0 Å². The summed E-state index contributed by atoms with van der Waals surface area (Å²) in [6.45, 7) is 4.22. The number of aliphatic hydroxyl groups excluding tert-OH is 1. The first-order chi connectivity index (χ1) is 14.2. The van der Waals surface area contributed by atoms with E-state index in [1.165, 1.54) is 17.7 Å². The summed E-state index contributed by atoms with van der Waals surface area (Å²) in [5.41, 5.74) is 4.82. The number of rotatable bonds is 2. The van der Waals surface area contributed by atoms with E-state index in [2.05, 4.69) is 30.6 Å². The van der Waals surface area contributed by atoms with E-state index in [1.807, 2.05) is 30.8 Å². The van der Waals surface area contributed by atoms with E-state index < -0.39 is 0 Å². The van der Waals surface area contributed by atoms with Gasteiger partial charge in [0.2, 0.25) is 11.5 Å². The number of hydrogen-bond acceptors (Lipinski definition) is 2. The fraction of sp³-hybridized carbons (Fsp3) is 0.200. The molecule has 0 unspecified atom stereocenters. The molecule has 0 atom stereocenters. The zero-order chi connectivity index (χ0) is 21.4. The van der Waals surface area contributed by atoms with E-state index in [9.17, 15) is 14.3 Å². The van der Waals surface area contributed by atoms with Gasteiger partial charge in [0.25, 0.3) is 0 Å². The Bertz CT molecular complexity index is 1370. The van der Waals surface area contributed by atoms with Crippen LogP contribution in [0.3, 0.4) is 0 Å². The molecule has 1 aliphatic carbocycles. The molecular formula is C25H22FN2O2+. The van der Waals surface area contributed by atoms with Crippen LogP contribution in [0.5, 0.6) is 0 Å². The maximum Gasteiger partial charge on any atom is 0.209 e. The first kappa shape index (κ1) is 18.6. The van der Waals surface area contributed by atoms with Crippen LogP contribution in [0.25, 0.3) is 16.5 Å². The second-order valence-corrected chi connectivity index (χ2v) is 8.51. The van der Waals surface area contributed by atoms with Crippen molar-refractivity contribution in [1.29, 1.82) is 0 Å². The van der Waals surface area contributed by atoms with Crippen LogP contribution in [0.15, 0.2) is 66.1 Å². The predicted molar refractivity (Wildman–Crippen MR) is 116 cm³/mol. The number of ketones is 1. The Morgan fingerprint density at radius 3 is 2.60 bits per heavy atom. The van der Waals surface area contributed by atoms with Crippen molar-refractivity contribution in [2.45, 2.75) is 19.3 Å². The number of para-hydroxylation sites is 1. The summed E-state index contributed by atoms with van der Waals surface area (Å²) < 4.78 is 17.7. The molecule has 1 aromatic heterocycles. The minimum absolute atomic E-state index is 0.0376. The quantitative estimate of drug-likeness (QED) is 0.495. The maximum atomic E-state index is 13.8. The van der Waals surface area contributed by atoms with Gasteiger partial charge >= 0.3 is 0 Å². The number of fused-ring (bicyclic) bond motifs is 2. The Kier molecular flexibility index (Phi) is 3.72. The van der Waals surface area contributed by atoms with Crippen molar-refractivity contribution < 1.29 is 18.9 Å². The Balaban J connectivity index is 1.64. The summed E-state index contributed by atoms with van der Waals surface area (Å²) in [4.78, 5) is 13.1. The van der Waals surface area contributed by atoms with Crippen molar-refractivity contribution in [3.8, 4) is 0 Å². The maximum absolute atomic E-state index is 13.8. The van der Waals surface area contributed by atoms with Crippen molar-refractivity contribution in [3.63, 3.8) is 0 Å². The highest BCUT2D eigenvalue weighted by Crippen LogP contribution is 2.43. The van der Waals surface area contributed by atoms with E-state index in [0.717, 1.165) is 16.9 Å². The second-order valence-electron chi connectivity index (χ2n) is 8.51. The van der Waals surface area contributed by atoms with Gasteiger partial charge in [-0.2, -0.15) is 4.58 Å². The van der Waals surface area contributed by atoms with Crippen LogP contribution in [0.2, 0.25) is 0 Å². The van der Waals surface area contributed by atoms with E-state index in [0.29, 0.717) is 16.5 Å². The molecule has 1 N–H and O–H groups in total. The van der Waals surface area contributed by atoms with Gasteiger partial charge in [0, 0.05) is 47.4 Å². The molecule has 1 aliphatic heterocycles. The Labute approximate surface area is 173 Å². The number of aliphatic hydroxyl groups is 1. The highest BCUT2D eigenvalue weighted by molar-refractivity contribution is 6.41. The molecular weight excluding hydrogens is 379 g/mol. The Hall–Kier alpha value is -3.47. The average molecular weight is 401 g/mol. The number of carbonyl (C=O) groups excluding carboxylic acids is 1. The SMILES string of the molecule is Cn1cc(C2=C(O)C(=CC3=[N+](C)c4ccccc4C3(C)C)C2=O)c2cc(F)ccc21. The summed E-state index contributed by atoms with van der Waals surface area (Å²) in [6, 6.07) is 12.6. The predicted octanol–water partition coefficient (Wildman–Crippen LogP) is 4.80. The molecule has 30 heavy (non-hydrogen) atoms. The molecule has 0 amide bonds. The second kappa shape index (κ2) is 6.02. The molecule has 0 radical (unpaired) electrons. The first-order valence-corrected chi connectivity index (χ1v) is 9.87. The lowest BCUT2D eigenvalue weighted by Crippen LogP contribution is -2.30. The van der Waals surface area contributed by atoms with Crippen LogP contribution in [-0.4, -0.2) is 32.8 Å². The molecule has 5 heteroatoms. The third-order valence-corrected chi connectivity index (χ3v) is 6.41. The van der Waals surface area contributed by atoms with Gasteiger partial charge in [0.05, 0.1) is 16.6 Å². The third-order valence-electron chi connectivity index (χ3n) is 6.41. The van der Waals surface area contributed by atoms with Crippen molar-refractivity contribution in [1.82, 2.24) is 4.57 Å². The van der Waals surface area contributed by atoms with E-state index in [-0.39, 0.29) is 28.3 Å². The van der Waals surface area contributed by atoms with Crippen molar-refractivity contribution >= 4 is 33.7 Å². The number of allylic oxidation sites excluding steroid dienone is 3. The van der Waals surface area contributed by atoms with Gasteiger partial charge in [-0.15, -0.1) is 0 Å². The number of aromatic nitrogens is 1. The topological polar surface area (TPSA) is 45.2 Å². The number of hydrogen-bond donors (Lipinski definition) is 1. The van der Waals surface area contributed by atoms with Crippen LogP contribution in [-0.2, 0) is 17.3 Å². The summed E-state index contributed by atoms with van der Waals surface area (Å²) in [6.07, 6.45) is 3.55. The van der Waals surface area contributed by atoms with Gasteiger partial charge in [0.1, 0.15) is 18.6 Å². The van der Waals surface area contributed by atoms with Crippen LogP contribution < -0.4 is 0 Å². The summed E-state index contributed by atoms with van der Waals surface area (Å²) in [7, 11) is 3.81. The number of halogens is 1. The van der Waals surface area contributed by atoms with Crippen LogP contribution >= 0.6 is 0 Å². The molecule has 150 valence electrons. The molecule has 0 bridgehead atoms. The van der Waals surface area contributed by atoms with E-state index >= 15 is 0 Å². The molecule has 3 aromatic rings. The van der Waals surface area contributed by atoms with Crippen LogP contribution in [0.4, 0.5) is 10.1 Å². The minimum Gasteiger partial charge on any atom is -0.506 e. The number of carbonyl (C=O) groups is 1. The molecule has 0 saturated carbocycles. The van der Waals surface area contributed by atoms with E-state index in [1.54, 1.807) is 18.3 Å². The highest BCUT2D eigenvalue weighted by Gasteiger charge is 2.45. The Morgan fingerprint density at radius 2 is 1.90 bits per heavy atom. The van der Waals surface area contributed by atoms with Gasteiger partial charge in [-0.1, -0.05) is 18.2 Å². The fourth-order valence-electron chi connectivity index (χ4n) is 4.76. The van der Waals surface area contributed by atoms with Crippen LogP contribution in [0.1, 0.15) is 25.0 Å². The number of benzene rings is 2. The number of nitrogens with zero attached hydrogens (tertiary/aromatic N) is 2. The number of aryl methyl sites for hydroxylation is 1. The van der Waals surface area contributed by atoms with Crippen molar-refractivity contribution in [2.24, 2.45) is 7.05 Å². The zero-order valence-corrected chi connectivity index (χ0v) is 17.3. The zero-order valence-electron chi connectivity index (χ0n) is 17.3. The van der Waals surface area contributed by atoms with Gasteiger partial charge in [-0.05, 0) is 32.0 Å². The monoisotopic (exact) mass is 401 g/mol. The Morgan fingerprint density at radius 1 is 1.17 bits per heavy atom. The number of Topliss-reactive ketones (excluding diaryl/α,β-unsaturated/α-hetero) is 1. The highest BCUT2D eigenvalue weighted by atomic mass is 19.1. The summed E-state index contributed by atoms with van der Waals surface area (Å²) in [5.74, 6) is -0.637. The van der Waals surface area contributed by atoms with Crippen LogP contribution in [0, 0.1) is 5.82 Å². The lowest BCUT2D eigenvalue weighted by atomic mass is 9.77. The smallest absolute Gasteiger partial charge is 0.209 e. The lowest BCUT2D eigenvalue weighted by molar-refractivity contribution is -0.401. The summed E-state index contributed by atoms with van der Waals surface area (Å²) >= 11 is 0. The fourth-order valence-corrected chi connectivity index (χ4v) is 4.76. The van der Waals surface area contributed by atoms with Gasteiger partial charge in [-0.25, -0.2) is 4.39 Å². The molecule has 2 aliphatic rings. The van der Waals surface area contributed by atoms with Crippen molar-refractivity contribution in [3.05, 3.63) is 83.0 Å². The minimum atomic E-state index is -0.375.